The number of primary amides is 1. The highest BCUT2D eigenvalue weighted by molar-refractivity contribution is 6.00. The molecule has 7 amide bonds. The van der Waals surface area contributed by atoms with Crippen LogP contribution in [0.4, 0.5) is 5.69 Å². The fourth-order valence-electron chi connectivity index (χ4n) is 9.71. The molecule has 22 heteroatoms. The number of likely N-dealkylation sites (tertiary alicyclic amines) is 1. The summed E-state index contributed by atoms with van der Waals surface area (Å²) in [4.78, 5) is 109. The standard InChI is InChI=1S/C52H72N10O12/c1-32(2)47(59-49(66)36-28-39-38-9-5-10-40-46(38)35(30-56-40)29-44(39)60(4)31-36)51(68)58-42(27-34-12-14-37(15-13-34)62(70)71)52(69)61-20-6-11-43(61)50(67)55-19-8-22-73-24-26-74-25-23-72-21-7-18-54-45(64)17-16-41(48(53)65)57-33(3)63/h5,9-10,12-15,28,30,32,36,41-44,47,56H,6-8,11,16-27,29,31H2,1-4H3,(H2,53,65)(H,54,64)(H,55,67)(H,57,63)(H,58,68)(H,59,66)/t36-,41+,42+,43+,44-,47+/m1/s1. The van der Waals surface area contributed by atoms with Gasteiger partial charge in [-0.2, -0.15) is 0 Å². The molecule has 0 radical (unpaired) electrons. The lowest BCUT2D eigenvalue weighted by molar-refractivity contribution is -0.384. The number of H-pyrrole nitrogens is 1. The number of amides is 7. The SMILES string of the molecule is CC(=O)N[C@@H](CCC(=O)NCCCOCCOCCOCCCNC(=O)[C@@H]1CCCN1C(=O)[C@H](Cc1ccc([N+](=O)[O-])cc1)NC(=O)[C@@H](NC(=O)[C@@H]1C=C2c3cccc4[nH]cc(c34)C[C@H]2N(C)C1)C(C)C)C(N)=O. The number of nitro groups is 1. The number of nitrogens with zero attached hydrogens (tertiary/aromatic N) is 3. The van der Waals surface area contributed by atoms with Crippen molar-refractivity contribution < 1.29 is 52.7 Å². The van der Waals surface area contributed by atoms with Gasteiger partial charge in [0.25, 0.3) is 5.69 Å². The first-order chi connectivity index (χ1) is 35.5. The van der Waals surface area contributed by atoms with Crippen molar-refractivity contribution in [1.29, 1.82) is 0 Å². The highest BCUT2D eigenvalue weighted by Crippen LogP contribution is 2.41. The van der Waals surface area contributed by atoms with Crippen LogP contribution < -0.4 is 32.3 Å². The monoisotopic (exact) mass is 1030 g/mol. The second kappa shape index (κ2) is 27.5. The number of likely N-dealkylation sites (N-methyl/N-ethyl adjacent to an activating group) is 1. The molecule has 402 valence electrons. The summed E-state index contributed by atoms with van der Waals surface area (Å²) >= 11 is 0. The Kier molecular flexibility index (Phi) is 21.0. The van der Waals surface area contributed by atoms with Gasteiger partial charge in [-0.15, -0.1) is 0 Å². The second-order valence-corrected chi connectivity index (χ2v) is 19.4. The number of carbonyl (C=O) groups excluding carboxylic acids is 7. The van der Waals surface area contributed by atoms with Crippen molar-refractivity contribution in [2.24, 2.45) is 17.6 Å². The van der Waals surface area contributed by atoms with Gasteiger partial charge in [0, 0.05) is 94.4 Å². The molecule has 1 saturated heterocycles. The normalized spacial score (nSPS) is 18.4. The molecule has 22 nitrogen and oxygen atoms in total. The number of ether oxygens (including phenoxy) is 3. The van der Waals surface area contributed by atoms with Crippen LogP contribution in [0.2, 0.25) is 0 Å². The average Bonchev–Trinajstić information content (AvgIpc) is 4.04. The molecule has 6 atom stereocenters. The molecule has 6 rings (SSSR count). The van der Waals surface area contributed by atoms with Crippen LogP contribution in [0, 0.1) is 22.0 Å². The van der Waals surface area contributed by atoms with Crippen molar-refractivity contribution in [3.8, 4) is 0 Å². The van der Waals surface area contributed by atoms with Crippen molar-refractivity contribution in [1.82, 2.24) is 41.4 Å². The quantitative estimate of drug-likeness (QED) is 0.0296. The Morgan fingerprint density at radius 2 is 1.54 bits per heavy atom. The molecule has 1 aliphatic carbocycles. The van der Waals surface area contributed by atoms with Gasteiger partial charge in [0.1, 0.15) is 24.2 Å². The van der Waals surface area contributed by atoms with Crippen LogP contribution in [0.25, 0.3) is 16.5 Å². The summed E-state index contributed by atoms with van der Waals surface area (Å²) in [5, 5.41) is 26.6. The lowest BCUT2D eigenvalue weighted by Crippen LogP contribution is -2.59. The number of fused-ring (bicyclic) bond motifs is 2. The molecule has 0 bridgehead atoms. The van der Waals surface area contributed by atoms with Crippen LogP contribution in [-0.2, 0) is 60.6 Å². The molecule has 0 spiro atoms. The predicted molar refractivity (Wildman–Crippen MR) is 274 cm³/mol. The number of nitrogens with one attached hydrogen (secondary N) is 6. The van der Waals surface area contributed by atoms with Gasteiger partial charge >= 0.3 is 0 Å². The minimum Gasteiger partial charge on any atom is -0.379 e. The highest BCUT2D eigenvalue weighted by atomic mass is 16.6. The Labute approximate surface area is 430 Å². The van der Waals surface area contributed by atoms with Crippen LogP contribution in [0.15, 0.2) is 54.7 Å². The van der Waals surface area contributed by atoms with E-state index in [0.29, 0.717) is 90.5 Å². The van der Waals surface area contributed by atoms with Gasteiger partial charge < -0.3 is 56.4 Å². The first-order valence-electron chi connectivity index (χ1n) is 25.5. The fraction of sp³-hybridized carbons (Fsp3) is 0.558. The van der Waals surface area contributed by atoms with E-state index < -0.39 is 58.6 Å². The number of hydrogen-bond donors (Lipinski definition) is 7. The third-order valence-electron chi connectivity index (χ3n) is 13.6. The zero-order valence-corrected chi connectivity index (χ0v) is 42.8. The van der Waals surface area contributed by atoms with E-state index in [2.05, 4.69) is 48.7 Å². The summed E-state index contributed by atoms with van der Waals surface area (Å²) in [5.41, 5.74) is 10.1. The molecule has 0 unspecified atom stereocenters. The fourth-order valence-corrected chi connectivity index (χ4v) is 9.71. The van der Waals surface area contributed by atoms with E-state index in [-0.39, 0.29) is 61.2 Å². The molecular weight excluding hydrogens is 957 g/mol. The molecule has 2 aromatic carbocycles. The Hall–Kier alpha value is -6.75. The van der Waals surface area contributed by atoms with Crippen molar-refractivity contribution >= 4 is 63.5 Å². The number of nitrogens with two attached hydrogens (primary N) is 1. The van der Waals surface area contributed by atoms with Gasteiger partial charge in [0.05, 0.1) is 37.3 Å². The number of aromatic nitrogens is 1. The molecule has 1 fully saturated rings. The van der Waals surface area contributed by atoms with E-state index in [1.165, 1.54) is 41.7 Å². The molecule has 0 saturated carbocycles. The number of nitro benzene ring substituents is 1. The molecule has 3 aromatic rings. The molecule has 74 heavy (non-hydrogen) atoms. The average molecular weight is 1030 g/mol. The maximum Gasteiger partial charge on any atom is 0.269 e. The third kappa shape index (κ3) is 15.6. The molecule has 3 aliphatic rings. The number of benzene rings is 2. The summed E-state index contributed by atoms with van der Waals surface area (Å²) in [6.45, 7) is 8.44. The predicted octanol–water partition coefficient (Wildman–Crippen LogP) is 1.64. The Morgan fingerprint density at radius 1 is 0.865 bits per heavy atom. The number of hydrogen-bond acceptors (Lipinski definition) is 13. The molecule has 1 aromatic heterocycles. The molecule has 3 heterocycles. The first kappa shape index (κ1) is 56.5. The number of carbonyl (C=O) groups is 7. The molecule has 8 N–H and O–H groups in total. The third-order valence-corrected chi connectivity index (χ3v) is 13.6. The van der Waals surface area contributed by atoms with Gasteiger partial charge in [-0.05, 0) is 79.8 Å². The van der Waals surface area contributed by atoms with Crippen molar-refractivity contribution in [2.45, 2.75) is 102 Å². The van der Waals surface area contributed by atoms with E-state index in [1.807, 2.05) is 39.1 Å². The smallest absolute Gasteiger partial charge is 0.269 e. The number of rotatable bonds is 29. The summed E-state index contributed by atoms with van der Waals surface area (Å²) in [6, 6.07) is 8.13. The molecule has 2 aliphatic heterocycles. The van der Waals surface area contributed by atoms with Crippen LogP contribution in [0.5, 0.6) is 0 Å². The van der Waals surface area contributed by atoms with Gasteiger partial charge in [-0.25, -0.2) is 0 Å². The minimum absolute atomic E-state index is 0.0117. The summed E-state index contributed by atoms with van der Waals surface area (Å²) in [7, 11) is 2.00. The van der Waals surface area contributed by atoms with Gasteiger partial charge in [0.15, 0.2) is 0 Å². The van der Waals surface area contributed by atoms with Crippen LogP contribution in [0.1, 0.15) is 76.0 Å². The topological polar surface area (TPSA) is 299 Å². The Bertz CT molecular complexity index is 2500. The van der Waals surface area contributed by atoms with Gasteiger partial charge in [-0.1, -0.05) is 44.2 Å². The number of non-ortho nitro benzene ring substituents is 1. The van der Waals surface area contributed by atoms with Crippen LogP contribution in [-0.4, -0.2) is 164 Å². The minimum atomic E-state index is -1.15. The summed E-state index contributed by atoms with van der Waals surface area (Å²) in [6.07, 6.45) is 7.09. The lowest BCUT2D eigenvalue weighted by atomic mass is 9.79. The van der Waals surface area contributed by atoms with E-state index in [1.54, 1.807) is 0 Å². The highest BCUT2D eigenvalue weighted by Gasteiger charge is 2.40. The number of aromatic amines is 1. The molecular formula is C52H72N10O12. The zero-order valence-electron chi connectivity index (χ0n) is 42.8. The van der Waals surface area contributed by atoms with Crippen molar-refractivity contribution in [3.05, 3.63) is 81.5 Å². The van der Waals surface area contributed by atoms with Gasteiger partial charge in [0.2, 0.25) is 41.4 Å². The Balaban J connectivity index is 0.934. The summed E-state index contributed by atoms with van der Waals surface area (Å²) < 4.78 is 16.7. The van der Waals surface area contributed by atoms with Gasteiger partial charge in [-0.3, -0.25) is 48.6 Å². The zero-order chi connectivity index (χ0) is 53.3. The maximum absolute atomic E-state index is 14.5. The summed E-state index contributed by atoms with van der Waals surface area (Å²) in [5.74, 6) is -3.96. The van der Waals surface area contributed by atoms with Crippen molar-refractivity contribution in [2.75, 3.05) is 72.9 Å². The van der Waals surface area contributed by atoms with Crippen molar-refractivity contribution in [3.63, 3.8) is 0 Å². The first-order valence-corrected chi connectivity index (χ1v) is 25.5. The second-order valence-electron chi connectivity index (χ2n) is 19.4. The lowest BCUT2D eigenvalue weighted by Gasteiger charge is -2.39. The van der Waals surface area contributed by atoms with E-state index in [9.17, 15) is 43.7 Å². The van der Waals surface area contributed by atoms with Crippen LogP contribution >= 0.6 is 0 Å². The maximum atomic E-state index is 14.5. The van der Waals surface area contributed by atoms with E-state index in [4.69, 9.17) is 19.9 Å². The van der Waals surface area contributed by atoms with E-state index in [0.717, 1.165) is 28.5 Å². The van der Waals surface area contributed by atoms with Crippen LogP contribution in [0.3, 0.4) is 0 Å². The Morgan fingerprint density at radius 3 is 2.19 bits per heavy atom. The van der Waals surface area contributed by atoms with E-state index >= 15 is 0 Å². The largest absolute Gasteiger partial charge is 0.379 e.